The van der Waals surface area contributed by atoms with Gasteiger partial charge in [-0.1, -0.05) is 24.3 Å². The van der Waals surface area contributed by atoms with Crippen LogP contribution in [0, 0.1) is 27.7 Å². The zero-order valence-electron chi connectivity index (χ0n) is 26.4. The van der Waals surface area contributed by atoms with Gasteiger partial charge in [0.2, 0.25) is 0 Å². The molecule has 0 fully saturated rings. The number of hydrogen-bond acceptors (Lipinski definition) is 8. The first-order chi connectivity index (χ1) is 22.0. The van der Waals surface area contributed by atoms with Crippen molar-refractivity contribution < 1.29 is 29.4 Å². The molecule has 0 amide bonds. The van der Waals surface area contributed by atoms with Crippen molar-refractivity contribution in [3.8, 4) is 0 Å². The first-order valence-electron chi connectivity index (χ1n) is 14.5. The summed E-state index contributed by atoms with van der Waals surface area (Å²) in [6, 6.07) is 17.9. The number of aryl methyl sites for hydroxylation is 2. The van der Waals surface area contributed by atoms with Crippen molar-refractivity contribution in [2.24, 2.45) is 0 Å². The average Bonchev–Trinajstić information content (AvgIpc) is 3.48. The van der Waals surface area contributed by atoms with Gasteiger partial charge in [-0.2, -0.15) is 0 Å². The summed E-state index contributed by atoms with van der Waals surface area (Å²) in [4.78, 5) is 55.9. The molecule has 0 bridgehead atoms. The zero-order valence-corrected chi connectivity index (χ0v) is 28.7. The second kappa shape index (κ2) is 14.8. The molecule has 0 aliphatic rings. The Labute approximate surface area is 300 Å². The summed E-state index contributed by atoms with van der Waals surface area (Å²) in [6.07, 6.45) is 5.76. The summed E-state index contributed by atoms with van der Waals surface area (Å²) in [6.45, 7) is 7.32. The number of aromatic nitrogens is 4. The normalized spacial score (nSPS) is 10.6. The molecule has 2 aromatic carbocycles. The second-order valence-corrected chi connectivity index (χ2v) is 10.9. The third kappa shape index (κ3) is 7.05. The van der Waals surface area contributed by atoms with Gasteiger partial charge in [0.1, 0.15) is 0 Å². The van der Waals surface area contributed by atoms with Gasteiger partial charge < -0.3 is 19.8 Å². The van der Waals surface area contributed by atoms with E-state index in [0.29, 0.717) is 44.7 Å². The smallest absolute Gasteiger partial charge is 0.550 e. The van der Waals surface area contributed by atoms with Crippen LogP contribution < -0.4 is 10.2 Å². The van der Waals surface area contributed by atoms with Crippen LogP contribution in [0.25, 0.3) is 21.8 Å². The molecule has 0 aliphatic heterocycles. The molecule has 0 spiro atoms. The Morgan fingerprint density at radius 3 is 1.30 bits per heavy atom. The van der Waals surface area contributed by atoms with Crippen LogP contribution in [0.15, 0.2) is 85.5 Å². The van der Waals surface area contributed by atoms with Gasteiger partial charge in [-0.15, -0.1) is 0 Å². The molecule has 0 N–H and O–H groups in total. The molecule has 0 aliphatic carbocycles. The van der Waals surface area contributed by atoms with Gasteiger partial charge in [-0.25, -0.2) is 0 Å². The number of carboxylic acid groups (broad SMARTS) is 2. The first kappa shape index (κ1) is 35.2. The van der Waals surface area contributed by atoms with E-state index in [-0.39, 0.29) is 62.4 Å². The van der Waals surface area contributed by atoms with Gasteiger partial charge in [0, 0.05) is 71.7 Å². The van der Waals surface area contributed by atoms with Gasteiger partial charge >= 0.3 is 37.7 Å². The zero-order chi connectivity index (χ0) is 33.1. The van der Waals surface area contributed by atoms with Crippen LogP contribution in [0.5, 0.6) is 0 Å². The minimum Gasteiger partial charge on any atom is -0.550 e. The van der Waals surface area contributed by atoms with E-state index in [2.05, 4.69) is 9.97 Å². The predicted octanol–water partition coefficient (Wildman–Crippen LogP) is 2.89. The topological polar surface area (TPSA) is 150 Å². The molecule has 0 atom stereocenters. The van der Waals surface area contributed by atoms with Crippen LogP contribution in [0.1, 0.15) is 54.4 Å². The standard InChI is InChI=1S/2C18H16N2O3.Ca/c2*1-11-5-3-7-15-17(11)14(9-16(21)22)12(2)20(15)18(23)13-6-4-8-19-10-13;/h2*3-8,10H,9H2,1-2H3,(H,21,22);/q;;+2/p-2. The Morgan fingerprint density at radius 2 is 0.979 bits per heavy atom. The minimum atomic E-state index is -1.16. The van der Waals surface area contributed by atoms with Crippen LogP contribution in [0.4, 0.5) is 0 Å². The number of nitrogens with zero attached hydrogens (tertiary/aromatic N) is 4. The summed E-state index contributed by atoms with van der Waals surface area (Å²) in [7, 11) is 0. The Hall–Kier alpha value is -4.64. The fourth-order valence-corrected chi connectivity index (χ4v) is 5.94. The van der Waals surface area contributed by atoms with Crippen LogP contribution >= 0.6 is 0 Å². The van der Waals surface area contributed by atoms with E-state index in [1.165, 1.54) is 12.4 Å². The molecule has 0 radical (unpaired) electrons. The van der Waals surface area contributed by atoms with Gasteiger partial charge in [-0.3, -0.25) is 28.7 Å². The van der Waals surface area contributed by atoms with Crippen molar-refractivity contribution in [1.29, 1.82) is 0 Å². The first-order valence-corrected chi connectivity index (χ1v) is 14.5. The maximum absolute atomic E-state index is 12.9. The molecule has 6 rings (SSSR count). The van der Waals surface area contributed by atoms with E-state index in [4.69, 9.17) is 0 Å². The number of hydrogen-bond donors (Lipinski definition) is 0. The molecule has 11 heteroatoms. The van der Waals surface area contributed by atoms with E-state index in [1.54, 1.807) is 59.6 Å². The van der Waals surface area contributed by atoms with Crippen molar-refractivity contribution in [2.75, 3.05) is 0 Å². The Morgan fingerprint density at radius 1 is 0.596 bits per heavy atom. The number of pyridine rings is 2. The van der Waals surface area contributed by atoms with E-state index < -0.39 is 11.9 Å². The molecule has 4 aromatic heterocycles. The number of carboxylic acids is 2. The van der Waals surface area contributed by atoms with Crippen molar-refractivity contribution in [1.82, 2.24) is 19.1 Å². The van der Waals surface area contributed by atoms with E-state index in [9.17, 15) is 29.4 Å². The Balaban J connectivity index is 0.000000208. The third-order valence-electron chi connectivity index (χ3n) is 8.00. The van der Waals surface area contributed by atoms with Crippen LogP contribution in [-0.4, -0.2) is 80.6 Å². The number of fused-ring (bicyclic) bond motifs is 2. The summed E-state index contributed by atoms with van der Waals surface area (Å²) >= 11 is 0. The van der Waals surface area contributed by atoms with Crippen molar-refractivity contribution >= 4 is 83.3 Å². The van der Waals surface area contributed by atoms with Crippen LogP contribution in [-0.2, 0) is 22.4 Å². The number of carbonyl (C=O) groups is 4. The Bertz CT molecular complexity index is 1980. The molecule has 232 valence electrons. The van der Waals surface area contributed by atoms with Crippen molar-refractivity contribution in [3.63, 3.8) is 0 Å². The summed E-state index contributed by atoms with van der Waals surface area (Å²) in [5, 5.41) is 23.8. The fourth-order valence-electron chi connectivity index (χ4n) is 5.94. The summed E-state index contributed by atoms with van der Waals surface area (Å²) in [5.41, 5.74) is 6.65. The summed E-state index contributed by atoms with van der Waals surface area (Å²) in [5.74, 6) is -2.78. The van der Waals surface area contributed by atoms with Gasteiger partial charge in [0.25, 0.3) is 11.8 Å². The average molecular weight is 655 g/mol. The largest absolute Gasteiger partial charge is 2.00 e. The third-order valence-corrected chi connectivity index (χ3v) is 8.00. The second-order valence-electron chi connectivity index (χ2n) is 10.9. The molecular weight excluding hydrogens is 624 g/mol. The monoisotopic (exact) mass is 654 g/mol. The fraction of sp³-hybridized carbons (Fsp3) is 0.167. The number of aliphatic carboxylic acids is 2. The molecule has 6 aromatic rings. The van der Waals surface area contributed by atoms with Crippen molar-refractivity contribution in [3.05, 3.63) is 130 Å². The van der Waals surface area contributed by atoms with Crippen LogP contribution in [0.2, 0.25) is 0 Å². The maximum Gasteiger partial charge on any atom is 2.00 e. The van der Waals surface area contributed by atoms with Crippen LogP contribution in [0.3, 0.4) is 0 Å². The molecule has 47 heavy (non-hydrogen) atoms. The molecule has 0 saturated carbocycles. The number of carbonyl (C=O) groups excluding carboxylic acids is 4. The SMILES string of the molecule is Cc1cccc2c1c(CC(=O)[O-])c(C)n2C(=O)c1cccnc1.Cc1cccc2c1c(CC(=O)[O-])c(C)n2C(=O)c1cccnc1.[Ca+2]. The number of rotatable bonds is 6. The minimum absolute atomic E-state index is 0. The van der Waals surface area contributed by atoms with Crippen molar-refractivity contribution in [2.45, 2.75) is 40.5 Å². The van der Waals surface area contributed by atoms with E-state index >= 15 is 0 Å². The van der Waals surface area contributed by atoms with E-state index in [1.807, 2.05) is 50.2 Å². The molecule has 0 unspecified atom stereocenters. The predicted molar refractivity (Wildman–Crippen MR) is 174 cm³/mol. The molecule has 0 saturated heterocycles. The molecule has 10 nitrogen and oxygen atoms in total. The van der Waals surface area contributed by atoms with E-state index in [0.717, 1.165) is 21.9 Å². The van der Waals surface area contributed by atoms with Gasteiger partial charge in [-0.05, 0) is 86.3 Å². The number of benzene rings is 2. The van der Waals surface area contributed by atoms with Gasteiger partial charge in [0.05, 0.1) is 22.2 Å². The molecule has 4 heterocycles. The Kier molecular flexibility index (Phi) is 11.1. The summed E-state index contributed by atoms with van der Waals surface area (Å²) < 4.78 is 3.11. The van der Waals surface area contributed by atoms with Gasteiger partial charge in [0.15, 0.2) is 0 Å². The molecular formula is C36H30CaN4O6. The maximum atomic E-state index is 12.9. The quantitative estimate of drug-likeness (QED) is 0.249.